The van der Waals surface area contributed by atoms with E-state index in [-0.39, 0.29) is 6.04 Å². The summed E-state index contributed by atoms with van der Waals surface area (Å²) in [7, 11) is 6.68. The Morgan fingerprint density at radius 1 is 0.769 bits per heavy atom. The third-order valence-corrected chi connectivity index (χ3v) is 5.19. The zero-order chi connectivity index (χ0) is 18.3. The average Bonchev–Trinajstić information content (AvgIpc) is 2.69. The first-order valence-corrected chi connectivity index (χ1v) is 8.64. The monoisotopic (exact) mass is 353 g/mol. The van der Waals surface area contributed by atoms with E-state index in [1.807, 2.05) is 12.1 Å². The third-order valence-electron chi connectivity index (χ3n) is 5.19. The minimum Gasteiger partial charge on any atom is -0.493 e. The van der Waals surface area contributed by atoms with Gasteiger partial charge < -0.3 is 23.8 Å². The highest BCUT2D eigenvalue weighted by molar-refractivity contribution is 5.58. The molecule has 0 saturated carbocycles. The highest BCUT2D eigenvalue weighted by Gasteiger charge is 2.27. The number of nitrogens with zero attached hydrogens (tertiary/aromatic N) is 1. The van der Waals surface area contributed by atoms with E-state index in [2.05, 4.69) is 29.3 Å². The second kappa shape index (κ2) is 6.48. The predicted molar refractivity (Wildman–Crippen MR) is 100 cm³/mol. The first-order chi connectivity index (χ1) is 12.7. The van der Waals surface area contributed by atoms with Gasteiger partial charge in [0.05, 0.1) is 34.5 Å². The molecule has 5 nitrogen and oxygen atoms in total. The number of methoxy groups -OCH3 is 4. The van der Waals surface area contributed by atoms with E-state index < -0.39 is 0 Å². The zero-order valence-electron chi connectivity index (χ0n) is 15.5. The molecule has 0 N–H and O–H groups in total. The Balaban J connectivity index is 1.87. The van der Waals surface area contributed by atoms with Gasteiger partial charge in [-0.05, 0) is 53.1 Å². The summed E-state index contributed by atoms with van der Waals surface area (Å²) in [6.07, 6.45) is 5.46. The van der Waals surface area contributed by atoms with Gasteiger partial charge in [-0.3, -0.25) is 0 Å². The molecule has 4 rings (SSSR count). The van der Waals surface area contributed by atoms with Crippen molar-refractivity contribution in [3.63, 3.8) is 0 Å². The van der Waals surface area contributed by atoms with Crippen molar-refractivity contribution in [3.05, 3.63) is 45.8 Å². The Morgan fingerprint density at radius 3 is 2.00 bits per heavy atom. The summed E-state index contributed by atoms with van der Waals surface area (Å²) < 4.78 is 21.9. The van der Waals surface area contributed by atoms with Gasteiger partial charge in [0.15, 0.2) is 23.0 Å². The molecule has 2 aliphatic rings. The van der Waals surface area contributed by atoms with E-state index in [0.29, 0.717) is 0 Å². The minimum atomic E-state index is 0.171. The quantitative estimate of drug-likeness (QED) is 0.839. The normalized spacial score (nSPS) is 17.1. The Morgan fingerprint density at radius 2 is 1.35 bits per heavy atom. The molecule has 0 amide bonds. The number of hydrogen-bond donors (Lipinski definition) is 0. The Kier molecular flexibility index (Phi) is 4.15. The summed E-state index contributed by atoms with van der Waals surface area (Å²) >= 11 is 0. The van der Waals surface area contributed by atoms with Gasteiger partial charge in [0, 0.05) is 18.0 Å². The van der Waals surface area contributed by atoms with Crippen LogP contribution in [0.3, 0.4) is 0 Å². The molecule has 0 saturated heterocycles. The first kappa shape index (κ1) is 16.6. The summed E-state index contributed by atoms with van der Waals surface area (Å²) in [4.78, 5) is 2.36. The molecule has 2 aromatic carbocycles. The highest BCUT2D eigenvalue weighted by Crippen LogP contribution is 2.39. The second-order valence-corrected chi connectivity index (χ2v) is 6.47. The van der Waals surface area contributed by atoms with Crippen molar-refractivity contribution in [2.75, 3.05) is 35.0 Å². The van der Waals surface area contributed by atoms with Crippen molar-refractivity contribution in [3.8, 4) is 23.0 Å². The maximum atomic E-state index is 5.51. The standard InChI is InChI=1S/C21H23NO4/c1-23-18-8-13-5-6-22-12-15-10-20(25-3)19(24-2)9-14(15)7-17(22)16(13)11-21(18)26-4/h7-12,17H,5-6H2,1-4H3. The van der Waals surface area contributed by atoms with Gasteiger partial charge in [0.2, 0.25) is 0 Å². The van der Waals surface area contributed by atoms with Gasteiger partial charge in [-0.1, -0.05) is 0 Å². The minimum absolute atomic E-state index is 0.171. The van der Waals surface area contributed by atoms with E-state index in [9.17, 15) is 0 Å². The topological polar surface area (TPSA) is 40.2 Å². The van der Waals surface area contributed by atoms with E-state index >= 15 is 0 Å². The highest BCUT2D eigenvalue weighted by atomic mass is 16.5. The molecule has 0 bridgehead atoms. The van der Waals surface area contributed by atoms with Gasteiger partial charge in [0.1, 0.15) is 0 Å². The summed E-state index contributed by atoms with van der Waals surface area (Å²) in [5, 5.41) is 2.29. The molecule has 0 spiro atoms. The van der Waals surface area contributed by atoms with Crippen LogP contribution in [0.2, 0.25) is 0 Å². The van der Waals surface area contributed by atoms with Crippen LogP contribution in [-0.4, -0.2) is 39.9 Å². The van der Waals surface area contributed by atoms with Crippen LogP contribution >= 0.6 is 0 Å². The van der Waals surface area contributed by atoms with Crippen molar-refractivity contribution in [2.45, 2.75) is 12.5 Å². The van der Waals surface area contributed by atoms with Gasteiger partial charge in [-0.2, -0.15) is 0 Å². The zero-order valence-corrected chi connectivity index (χ0v) is 15.5. The fourth-order valence-corrected chi connectivity index (χ4v) is 3.84. The van der Waals surface area contributed by atoms with Crippen LogP contribution in [0.5, 0.6) is 23.0 Å². The van der Waals surface area contributed by atoms with Gasteiger partial charge in [-0.25, -0.2) is 0 Å². The van der Waals surface area contributed by atoms with Crippen molar-refractivity contribution >= 4 is 12.3 Å². The van der Waals surface area contributed by atoms with Crippen molar-refractivity contribution < 1.29 is 18.9 Å². The molecular weight excluding hydrogens is 330 g/mol. The van der Waals surface area contributed by atoms with Crippen LogP contribution in [-0.2, 0) is 6.42 Å². The molecule has 1 atom stereocenters. The molecule has 0 aliphatic carbocycles. The predicted octanol–water partition coefficient (Wildman–Crippen LogP) is 1.85. The molecule has 5 heteroatoms. The lowest BCUT2D eigenvalue weighted by atomic mass is 9.90. The lowest BCUT2D eigenvalue weighted by Gasteiger charge is -2.37. The maximum absolute atomic E-state index is 5.51. The van der Waals surface area contributed by atoms with Gasteiger partial charge >= 0.3 is 0 Å². The molecule has 26 heavy (non-hydrogen) atoms. The Labute approximate surface area is 153 Å². The molecule has 1 unspecified atom stereocenters. The lowest BCUT2D eigenvalue weighted by molar-refractivity contribution is 0.333. The Bertz CT molecular complexity index is 967. The summed E-state index contributed by atoms with van der Waals surface area (Å²) in [6.45, 7) is 0.956. The number of hydrogen-bond acceptors (Lipinski definition) is 5. The fourth-order valence-electron chi connectivity index (χ4n) is 3.84. The molecule has 2 heterocycles. The smallest absolute Gasteiger partial charge is 0.161 e. The van der Waals surface area contributed by atoms with Crippen LogP contribution in [0.15, 0.2) is 24.3 Å². The molecule has 0 fully saturated rings. The summed E-state index contributed by atoms with van der Waals surface area (Å²) in [5.41, 5.74) is 2.56. The SMILES string of the molecule is COc1cc2c(cc1OC)C1C=c3cc(OC)c(OC)cc3=CN1CC2. The molecule has 0 radical (unpaired) electrons. The average molecular weight is 353 g/mol. The van der Waals surface area contributed by atoms with Crippen molar-refractivity contribution in [1.82, 2.24) is 4.90 Å². The van der Waals surface area contributed by atoms with Gasteiger partial charge in [0.25, 0.3) is 0 Å². The molecule has 2 aliphatic heterocycles. The number of fused-ring (bicyclic) bond motifs is 4. The molecule has 2 aromatic rings. The molecular formula is C21H23NO4. The summed E-state index contributed by atoms with van der Waals surface area (Å²) in [5.74, 6) is 3.04. The van der Waals surface area contributed by atoms with E-state index in [1.54, 1.807) is 28.4 Å². The number of ether oxygens (including phenoxy) is 4. The van der Waals surface area contributed by atoms with E-state index in [0.717, 1.165) is 46.4 Å². The van der Waals surface area contributed by atoms with Crippen molar-refractivity contribution in [1.29, 1.82) is 0 Å². The van der Waals surface area contributed by atoms with Crippen LogP contribution in [0, 0.1) is 0 Å². The van der Waals surface area contributed by atoms with Crippen LogP contribution in [0.4, 0.5) is 0 Å². The number of rotatable bonds is 4. The summed E-state index contributed by atoms with van der Waals surface area (Å²) in [6, 6.07) is 8.44. The fraction of sp³-hybridized carbons (Fsp3) is 0.333. The third kappa shape index (κ3) is 2.55. The Hall–Kier alpha value is -2.82. The first-order valence-electron chi connectivity index (χ1n) is 8.64. The van der Waals surface area contributed by atoms with Crippen LogP contribution in [0.25, 0.3) is 12.3 Å². The number of benzene rings is 2. The van der Waals surface area contributed by atoms with E-state index in [1.165, 1.54) is 11.1 Å². The van der Waals surface area contributed by atoms with Crippen LogP contribution < -0.4 is 29.4 Å². The second-order valence-electron chi connectivity index (χ2n) is 6.47. The maximum Gasteiger partial charge on any atom is 0.161 e. The van der Waals surface area contributed by atoms with Crippen molar-refractivity contribution in [2.24, 2.45) is 0 Å². The van der Waals surface area contributed by atoms with Gasteiger partial charge in [-0.15, -0.1) is 0 Å². The van der Waals surface area contributed by atoms with Crippen LogP contribution in [0.1, 0.15) is 17.2 Å². The largest absolute Gasteiger partial charge is 0.493 e. The lowest BCUT2D eigenvalue weighted by Crippen LogP contribution is -2.40. The molecule has 136 valence electrons. The molecule has 0 aromatic heterocycles. The van der Waals surface area contributed by atoms with E-state index in [4.69, 9.17) is 18.9 Å².